The SMILES string of the molecule is O=C(CN1CCN(C(=O)c2cc(=O)[nH]c3ccccc23)CC1)NCc1ccccc1. The van der Waals surface area contributed by atoms with E-state index >= 15 is 0 Å². The quantitative estimate of drug-likeness (QED) is 0.677. The Labute approximate surface area is 174 Å². The highest BCUT2D eigenvalue weighted by atomic mass is 16.2. The Balaban J connectivity index is 1.33. The number of benzene rings is 2. The molecule has 154 valence electrons. The molecule has 2 N–H and O–H groups in total. The lowest BCUT2D eigenvalue weighted by atomic mass is 10.1. The number of hydrogen-bond acceptors (Lipinski definition) is 4. The highest BCUT2D eigenvalue weighted by Crippen LogP contribution is 2.17. The third kappa shape index (κ3) is 4.58. The number of amides is 2. The minimum atomic E-state index is -0.286. The smallest absolute Gasteiger partial charge is 0.254 e. The Kier molecular flexibility index (Phi) is 5.90. The second-order valence-corrected chi connectivity index (χ2v) is 7.42. The van der Waals surface area contributed by atoms with Crippen molar-refractivity contribution in [3.8, 4) is 0 Å². The summed E-state index contributed by atoms with van der Waals surface area (Å²) in [5.41, 5.74) is 1.85. The summed E-state index contributed by atoms with van der Waals surface area (Å²) in [5, 5.41) is 3.67. The topological polar surface area (TPSA) is 85.5 Å². The van der Waals surface area contributed by atoms with E-state index in [2.05, 4.69) is 10.3 Å². The van der Waals surface area contributed by atoms with E-state index in [-0.39, 0.29) is 17.4 Å². The van der Waals surface area contributed by atoms with Gasteiger partial charge >= 0.3 is 0 Å². The van der Waals surface area contributed by atoms with Crippen molar-refractivity contribution in [2.24, 2.45) is 0 Å². The van der Waals surface area contributed by atoms with Crippen LogP contribution in [0.4, 0.5) is 0 Å². The molecule has 3 aromatic rings. The zero-order valence-electron chi connectivity index (χ0n) is 16.6. The summed E-state index contributed by atoms with van der Waals surface area (Å²) in [4.78, 5) is 43.8. The van der Waals surface area contributed by atoms with Crippen molar-refractivity contribution in [1.82, 2.24) is 20.1 Å². The van der Waals surface area contributed by atoms with Crippen molar-refractivity contribution in [3.05, 3.63) is 82.1 Å². The number of piperazine rings is 1. The van der Waals surface area contributed by atoms with Crippen molar-refractivity contribution in [3.63, 3.8) is 0 Å². The summed E-state index contributed by atoms with van der Waals surface area (Å²) >= 11 is 0. The van der Waals surface area contributed by atoms with Gasteiger partial charge in [-0.1, -0.05) is 48.5 Å². The van der Waals surface area contributed by atoms with Gasteiger partial charge in [0.25, 0.3) is 5.91 Å². The van der Waals surface area contributed by atoms with E-state index in [0.29, 0.717) is 50.3 Å². The minimum absolute atomic E-state index is 0.0285. The van der Waals surface area contributed by atoms with Gasteiger partial charge in [0, 0.05) is 49.7 Å². The van der Waals surface area contributed by atoms with Crippen molar-refractivity contribution in [2.75, 3.05) is 32.7 Å². The average molecular weight is 404 g/mol. The van der Waals surface area contributed by atoms with Gasteiger partial charge in [-0.25, -0.2) is 0 Å². The number of hydrogen-bond donors (Lipinski definition) is 2. The molecule has 0 spiro atoms. The Hall–Kier alpha value is -3.45. The van der Waals surface area contributed by atoms with Crippen molar-refractivity contribution in [2.45, 2.75) is 6.54 Å². The second-order valence-electron chi connectivity index (χ2n) is 7.42. The molecule has 1 saturated heterocycles. The first-order valence-electron chi connectivity index (χ1n) is 10.0. The molecule has 1 fully saturated rings. The number of carbonyl (C=O) groups excluding carboxylic acids is 2. The van der Waals surface area contributed by atoms with Gasteiger partial charge in [0.1, 0.15) is 0 Å². The second kappa shape index (κ2) is 8.92. The van der Waals surface area contributed by atoms with Crippen molar-refractivity contribution < 1.29 is 9.59 Å². The number of fused-ring (bicyclic) bond motifs is 1. The van der Waals surface area contributed by atoms with Crippen LogP contribution >= 0.6 is 0 Å². The minimum Gasteiger partial charge on any atom is -0.351 e. The van der Waals surface area contributed by atoms with E-state index in [9.17, 15) is 14.4 Å². The number of carbonyl (C=O) groups is 2. The number of pyridine rings is 1. The predicted molar refractivity (Wildman–Crippen MR) is 115 cm³/mol. The summed E-state index contributed by atoms with van der Waals surface area (Å²) in [6.07, 6.45) is 0. The molecule has 0 saturated carbocycles. The molecule has 1 aromatic heterocycles. The summed E-state index contributed by atoms with van der Waals surface area (Å²) in [7, 11) is 0. The van der Waals surface area contributed by atoms with Crippen molar-refractivity contribution >= 4 is 22.7 Å². The fourth-order valence-corrected chi connectivity index (χ4v) is 3.72. The van der Waals surface area contributed by atoms with E-state index in [1.165, 1.54) is 6.07 Å². The zero-order valence-corrected chi connectivity index (χ0v) is 16.6. The molecule has 0 aliphatic carbocycles. The highest BCUT2D eigenvalue weighted by Gasteiger charge is 2.24. The Bertz CT molecular complexity index is 1100. The molecule has 4 rings (SSSR count). The molecule has 2 aromatic carbocycles. The van der Waals surface area contributed by atoms with Crippen LogP contribution in [0.2, 0.25) is 0 Å². The molecule has 30 heavy (non-hydrogen) atoms. The Morgan fingerprint density at radius 1 is 0.933 bits per heavy atom. The molecule has 7 heteroatoms. The lowest BCUT2D eigenvalue weighted by molar-refractivity contribution is -0.122. The molecule has 0 atom stereocenters. The number of para-hydroxylation sites is 1. The Morgan fingerprint density at radius 2 is 1.63 bits per heavy atom. The normalized spacial score (nSPS) is 14.6. The van der Waals surface area contributed by atoms with Gasteiger partial charge in [-0.05, 0) is 11.6 Å². The van der Waals surface area contributed by atoms with E-state index in [4.69, 9.17) is 0 Å². The van der Waals surface area contributed by atoms with Gasteiger partial charge in [0.15, 0.2) is 0 Å². The Morgan fingerprint density at radius 3 is 2.40 bits per heavy atom. The molecule has 2 amide bonds. The molecule has 0 bridgehead atoms. The first-order chi connectivity index (χ1) is 14.6. The van der Waals surface area contributed by atoms with Crippen LogP contribution in [0.3, 0.4) is 0 Å². The summed E-state index contributed by atoms with van der Waals surface area (Å²) < 4.78 is 0. The van der Waals surface area contributed by atoms with Gasteiger partial charge in [-0.15, -0.1) is 0 Å². The number of rotatable bonds is 5. The van der Waals surface area contributed by atoms with E-state index < -0.39 is 0 Å². The van der Waals surface area contributed by atoms with Crippen LogP contribution in [0, 0.1) is 0 Å². The van der Waals surface area contributed by atoms with Crippen LogP contribution in [-0.4, -0.2) is 59.3 Å². The maximum atomic E-state index is 13.0. The van der Waals surface area contributed by atoms with Crippen LogP contribution in [0.5, 0.6) is 0 Å². The van der Waals surface area contributed by atoms with Gasteiger partial charge in [-0.3, -0.25) is 19.3 Å². The monoisotopic (exact) mass is 404 g/mol. The van der Waals surface area contributed by atoms with E-state index in [1.807, 2.05) is 53.4 Å². The number of aromatic nitrogens is 1. The highest BCUT2D eigenvalue weighted by molar-refractivity contribution is 6.06. The van der Waals surface area contributed by atoms with Crippen molar-refractivity contribution in [1.29, 1.82) is 0 Å². The van der Waals surface area contributed by atoms with E-state index in [1.54, 1.807) is 11.0 Å². The maximum absolute atomic E-state index is 13.0. The number of nitrogens with zero attached hydrogens (tertiary/aromatic N) is 2. The lowest BCUT2D eigenvalue weighted by Gasteiger charge is -2.34. The van der Waals surface area contributed by atoms with Crippen LogP contribution in [0.25, 0.3) is 10.9 Å². The van der Waals surface area contributed by atoms with Gasteiger partial charge in [0.05, 0.1) is 12.1 Å². The van der Waals surface area contributed by atoms with Gasteiger partial charge < -0.3 is 15.2 Å². The molecule has 0 radical (unpaired) electrons. The third-order valence-corrected chi connectivity index (χ3v) is 5.34. The van der Waals surface area contributed by atoms with Crippen LogP contribution in [0.1, 0.15) is 15.9 Å². The molecular weight excluding hydrogens is 380 g/mol. The van der Waals surface area contributed by atoms with Gasteiger partial charge in [-0.2, -0.15) is 0 Å². The first kappa shape index (κ1) is 19.8. The fourth-order valence-electron chi connectivity index (χ4n) is 3.72. The number of aromatic amines is 1. The number of nitrogens with one attached hydrogen (secondary N) is 2. The van der Waals surface area contributed by atoms with Gasteiger partial charge in [0.2, 0.25) is 11.5 Å². The predicted octanol–water partition coefficient (Wildman–Crippen LogP) is 1.60. The standard InChI is InChI=1S/C23H24N4O3/c28-21-14-19(18-8-4-5-9-20(18)25-21)23(30)27-12-10-26(11-13-27)16-22(29)24-15-17-6-2-1-3-7-17/h1-9,14H,10-13,15-16H2,(H,24,29)(H,25,28). The third-order valence-electron chi connectivity index (χ3n) is 5.34. The fraction of sp³-hybridized carbons (Fsp3) is 0.261. The molecule has 2 heterocycles. The molecule has 1 aliphatic heterocycles. The summed E-state index contributed by atoms with van der Waals surface area (Å²) in [6, 6.07) is 18.5. The summed E-state index contributed by atoms with van der Waals surface area (Å²) in [5.74, 6) is -0.176. The zero-order chi connectivity index (χ0) is 20.9. The van der Waals surface area contributed by atoms with Crippen LogP contribution < -0.4 is 10.9 Å². The molecule has 0 unspecified atom stereocenters. The van der Waals surface area contributed by atoms with Crippen LogP contribution in [0.15, 0.2) is 65.5 Å². The first-order valence-corrected chi connectivity index (χ1v) is 10.0. The molecule has 1 aliphatic rings. The van der Waals surface area contributed by atoms with E-state index in [0.717, 1.165) is 10.9 Å². The number of H-pyrrole nitrogens is 1. The molecule has 7 nitrogen and oxygen atoms in total. The maximum Gasteiger partial charge on any atom is 0.254 e. The average Bonchev–Trinajstić information content (AvgIpc) is 2.78. The molecular formula is C23H24N4O3. The van der Waals surface area contributed by atoms with Crippen LogP contribution in [-0.2, 0) is 11.3 Å². The summed E-state index contributed by atoms with van der Waals surface area (Å²) in [6.45, 7) is 3.09. The lowest BCUT2D eigenvalue weighted by Crippen LogP contribution is -2.51. The largest absolute Gasteiger partial charge is 0.351 e.